The van der Waals surface area contributed by atoms with Crippen molar-refractivity contribution in [3.05, 3.63) is 0 Å². The van der Waals surface area contributed by atoms with E-state index >= 15 is 0 Å². The molecule has 0 aromatic heterocycles. The fraction of sp³-hybridized carbons (Fsp3) is 1.00. The second-order valence-electron chi connectivity index (χ2n) is 7.17. The largest absolute Gasteiger partial charge is 0.397 e. The van der Waals surface area contributed by atoms with Gasteiger partial charge < -0.3 is 0 Å². The van der Waals surface area contributed by atoms with Crippen LogP contribution in [0.15, 0.2) is 0 Å². The fourth-order valence-corrected chi connectivity index (χ4v) is 4.23. The molecule has 4 nitrogen and oxygen atoms in total. The summed E-state index contributed by atoms with van der Waals surface area (Å²) in [6.07, 6.45) is 14.6. The topological polar surface area (TPSA) is 63.6 Å². The van der Waals surface area contributed by atoms with Crippen LogP contribution in [0.4, 0.5) is 0 Å². The van der Waals surface area contributed by atoms with Crippen LogP contribution in [0.3, 0.4) is 0 Å². The van der Waals surface area contributed by atoms with Gasteiger partial charge in [-0.3, -0.25) is 4.55 Å². The van der Waals surface area contributed by atoms with Crippen molar-refractivity contribution in [2.45, 2.75) is 117 Å². The fourth-order valence-electron chi connectivity index (χ4n) is 3.45. The maximum absolute atomic E-state index is 11.2. The predicted molar refractivity (Wildman–Crippen MR) is 102 cm³/mol. The molecular formula is C19H40O4S. The summed E-state index contributed by atoms with van der Waals surface area (Å²) >= 11 is 0. The van der Waals surface area contributed by atoms with Crippen molar-refractivity contribution in [3.63, 3.8) is 0 Å². The van der Waals surface area contributed by atoms with Gasteiger partial charge in [-0.05, 0) is 18.8 Å². The first-order valence-corrected chi connectivity index (χ1v) is 11.4. The molecule has 0 aliphatic rings. The Labute approximate surface area is 150 Å². The highest BCUT2D eigenvalue weighted by molar-refractivity contribution is 7.80. The lowest BCUT2D eigenvalue weighted by Crippen LogP contribution is -2.40. The van der Waals surface area contributed by atoms with Crippen molar-refractivity contribution in [2.75, 3.05) is 0 Å². The lowest BCUT2D eigenvalue weighted by atomic mass is 9.80. The summed E-state index contributed by atoms with van der Waals surface area (Å²) in [5, 5.41) is 0. The molecule has 0 aliphatic heterocycles. The molecule has 0 bridgehead atoms. The Bertz CT molecular complexity index is 394. The van der Waals surface area contributed by atoms with E-state index in [1.165, 1.54) is 51.4 Å². The molecule has 0 saturated carbocycles. The molecular weight excluding hydrogens is 324 g/mol. The van der Waals surface area contributed by atoms with Gasteiger partial charge in [-0.1, -0.05) is 98.3 Å². The summed E-state index contributed by atoms with van der Waals surface area (Å²) in [5.41, 5.74) is -0.761. The van der Waals surface area contributed by atoms with E-state index in [0.717, 1.165) is 19.3 Å². The van der Waals surface area contributed by atoms with Gasteiger partial charge in [0.15, 0.2) is 0 Å². The number of rotatable bonds is 16. The van der Waals surface area contributed by atoms with Crippen LogP contribution in [0.25, 0.3) is 0 Å². The summed E-state index contributed by atoms with van der Waals surface area (Å²) in [4.78, 5) is 0. The van der Waals surface area contributed by atoms with Crippen LogP contribution >= 0.6 is 0 Å². The van der Waals surface area contributed by atoms with Crippen LogP contribution in [0.5, 0.6) is 0 Å². The van der Waals surface area contributed by atoms with Crippen LogP contribution < -0.4 is 0 Å². The maximum atomic E-state index is 11.2. The molecule has 0 saturated heterocycles. The first kappa shape index (κ1) is 23.9. The number of unbranched alkanes of at least 4 members (excludes halogenated alkanes) is 9. The molecule has 0 amide bonds. The van der Waals surface area contributed by atoms with Gasteiger partial charge >= 0.3 is 10.4 Å². The summed E-state index contributed by atoms with van der Waals surface area (Å²) in [6.45, 7) is 8.21. The Morgan fingerprint density at radius 3 is 1.71 bits per heavy atom. The number of hydrogen-bond donors (Lipinski definition) is 1. The van der Waals surface area contributed by atoms with E-state index in [1.54, 1.807) is 0 Å². The van der Waals surface area contributed by atoms with E-state index in [4.69, 9.17) is 8.74 Å². The van der Waals surface area contributed by atoms with Gasteiger partial charge in [0.05, 0.1) is 5.60 Å². The SMILES string of the molecule is CCCCCCCCCCCCC(CC)(OS(=O)(=O)O)C(C)CC. The van der Waals surface area contributed by atoms with E-state index in [2.05, 4.69) is 6.92 Å². The molecule has 0 aliphatic carbocycles. The van der Waals surface area contributed by atoms with E-state index < -0.39 is 16.0 Å². The summed E-state index contributed by atoms with van der Waals surface area (Å²) in [6, 6.07) is 0. The van der Waals surface area contributed by atoms with Crippen molar-refractivity contribution < 1.29 is 17.2 Å². The Hall–Kier alpha value is -0.130. The first-order chi connectivity index (χ1) is 11.3. The summed E-state index contributed by atoms with van der Waals surface area (Å²) in [7, 11) is -4.41. The molecule has 146 valence electrons. The highest BCUT2D eigenvalue weighted by Crippen LogP contribution is 2.35. The minimum absolute atomic E-state index is 0.1000. The third-order valence-electron chi connectivity index (χ3n) is 5.33. The second-order valence-corrected chi connectivity index (χ2v) is 8.19. The van der Waals surface area contributed by atoms with E-state index in [1.807, 2.05) is 20.8 Å². The van der Waals surface area contributed by atoms with Gasteiger partial charge in [0.25, 0.3) is 0 Å². The molecule has 5 heteroatoms. The molecule has 0 aromatic rings. The van der Waals surface area contributed by atoms with Gasteiger partial charge in [-0.2, -0.15) is 8.42 Å². The first-order valence-electron chi connectivity index (χ1n) is 9.99. The Kier molecular flexibility index (Phi) is 13.1. The van der Waals surface area contributed by atoms with Crippen molar-refractivity contribution in [3.8, 4) is 0 Å². The number of hydrogen-bond acceptors (Lipinski definition) is 3. The minimum atomic E-state index is -4.41. The van der Waals surface area contributed by atoms with Gasteiger partial charge in [-0.15, -0.1) is 0 Å². The van der Waals surface area contributed by atoms with Crippen LogP contribution in [-0.2, 0) is 14.6 Å². The minimum Gasteiger partial charge on any atom is -0.264 e. The predicted octanol–water partition coefficient (Wildman–Crippen LogP) is 6.31. The molecule has 24 heavy (non-hydrogen) atoms. The molecule has 2 atom stereocenters. The molecule has 1 N–H and O–H groups in total. The van der Waals surface area contributed by atoms with Crippen molar-refractivity contribution >= 4 is 10.4 Å². The normalized spacial score (nSPS) is 16.0. The zero-order valence-electron chi connectivity index (χ0n) is 16.3. The summed E-state index contributed by atoms with van der Waals surface area (Å²) in [5.74, 6) is 0.1000. The average molecular weight is 365 g/mol. The van der Waals surface area contributed by atoms with Gasteiger partial charge in [0, 0.05) is 0 Å². The van der Waals surface area contributed by atoms with Crippen LogP contribution in [0.1, 0.15) is 111 Å². The molecule has 0 heterocycles. The van der Waals surface area contributed by atoms with E-state index in [9.17, 15) is 8.42 Å². The van der Waals surface area contributed by atoms with Gasteiger partial charge in [0.1, 0.15) is 0 Å². The Balaban J connectivity index is 4.11. The Morgan fingerprint density at radius 2 is 1.33 bits per heavy atom. The third-order valence-corrected chi connectivity index (χ3v) is 5.88. The lowest BCUT2D eigenvalue weighted by Gasteiger charge is -2.36. The van der Waals surface area contributed by atoms with Crippen LogP contribution in [0.2, 0.25) is 0 Å². The van der Waals surface area contributed by atoms with E-state index in [-0.39, 0.29) is 5.92 Å². The lowest BCUT2D eigenvalue weighted by molar-refractivity contribution is -0.00445. The molecule has 0 fully saturated rings. The molecule has 2 unspecified atom stereocenters. The van der Waals surface area contributed by atoms with Crippen molar-refractivity contribution in [1.29, 1.82) is 0 Å². The zero-order chi connectivity index (χ0) is 18.5. The molecule has 0 aromatic carbocycles. The highest BCUT2D eigenvalue weighted by Gasteiger charge is 2.38. The smallest absolute Gasteiger partial charge is 0.264 e. The average Bonchev–Trinajstić information content (AvgIpc) is 2.53. The van der Waals surface area contributed by atoms with Gasteiger partial charge in [-0.25, -0.2) is 4.18 Å². The Morgan fingerprint density at radius 1 is 0.875 bits per heavy atom. The van der Waals surface area contributed by atoms with Crippen molar-refractivity contribution in [1.82, 2.24) is 0 Å². The quantitative estimate of drug-likeness (QED) is 0.257. The maximum Gasteiger partial charge on any atom is 0.397 e. The highest BCUT2D eigenvalue weighted by atomic mass is 32.3. The monoisotopic (exact) mass is 364 g/mol. The second kappa shape index (κ2) is 13.1. The van der Waals surface area contributed by atoms with E-state index in [0.29, 0.717) is 12.8 Å². The van der Waals surface area contributed by atoms with Gasteiger partial charge in [0.2, 0.25) is 0 Å². The third kappa shape index (κ3) is 10.7. The van der Waals surface area contributed by atoms with Crippen LogP contribution in [-0.4, -0.2) is 18.6 Å². The van der Waals surface area contributed by atoms with Crippen LogP contribution in [0, 0.1) is 5.92 Å². The molecule has 0 rings (SSSR count). The molecule has 0 radical (unpaired) electrons. The zero-order valence-corrected chi connectivity index (χ0v) is 17.2. The standard InChI is InChI=1S/C19H40O4S/c1-5-8-9-10-11-12-13-14-15-16-17-19(7-3,18(4)6-2)23-24(20,21)22/h18H,5-17H2,1-4H3,(H,20,21,22). The molecule has 0 spiro atoms. The van der Waals surface area contributed by atoms with Crippen molar-refractivity contribution in [2.24, 2.45) is 5.92 Å². The summed E-state index contributed by atoms with van der Waals surface area (Å²) < 4.78 is 36.8.